The highest BCUT2D eigenvalue weighted by Crippen LogP contribution is 2.32. The molecule has 0 radical (unpaired) electrons. The number of piperidine rings is 1. The van der Waals surface area contributed by atoms with E-state index in [1.54, 1.807) is 6.20 Å². The van der Waals surface area contributed by atoms with E-state index in [0.717, 1.165) is 62.0 Å². The molecule has 8 nitrogen and oxygen atoms in total. The van der Waals surface area contributed by atoms with E-state index in [9.17, 15) is 9.59 Å². The van der Waals surface area contributed by atoms with Crippen molar-refractivity contribution in [3.8, 4) is 0 Å². The summed E-state index contributed by atoms with van der Waals surface area (Å²) in [6.45, 7) is 5.46. The molecule has 1 N–H and O–H groups in total. The SMILES string of the molecule is CN(C)C1CCN([C@H]2C[C@@H](CO[C@H]3CC[C@H](C)CC3)N(C(=O)Cc3cc(Cl)c(NC(=O)c4cn(C)c5ccccc45)cc3F)C2)CC1. The molecule has 0 unspecified atom stereocenters. The minimum Gasteiger partial charge on any atom is -0.376 e. The maximum atomic E-state index is 15.6. The molecule has 3 heterocycles. The van der Waals surface area contributed by atoms with Crippen LogP contribution in [0.4, 0.5) is 10.1 Å². The molecule has 6 rings (SSSR count). The van der Waals surface area contributed by atoms with Crippen LogP contribution in [0.3, 0.4) is 0 Å². The van der Waals surface area contributed by atoms with Crippen molar-refractivity contribution >= 4 is 40.0 Å². The largest absolute Gasteiger partial charge is 0.376 e. The lowest BCUT2D eigenvalue weighted by molar-refractivity contribution is -0.133. The summed E-state index contributed by atoms with van der Waals surface area (Å²) in [6.07, 6.45) is 9.48. The van der Waals surface area contributed by atoms with E-state index in [1.807, 2.05) is 40.8 Å². The number of ether oxygens (including phenoxy) is 1. The zero-order valence-electron chi connectivity index (χ0n) is 28.2. The van der Waals surface area contributed by atoms with E-state index < -0.39 is 5.82 Å². The van der Waals surface area contributed by atoms with Crippen LogP contribution in [0.15, 0.2) is 42.6 Å². The molecule has 10 heteroatoms. The molecule has 2 saturated heterocycles. The molecular weight excluding hydrogens is 617 g/mol. The van der Waals surface area contributed by atoms with Gasteiger partial charge in [0.25, 0.3) is 5.91 Å². The van der Waals surface area contributed by atoms with Crippen molar-refractivity contribution in [2.45, 2.75) is 82.5 Å². The third-order valence-electron chi connectivity index (χ3n) is 10.8. The van der Waals surface area contributed by atoms with Crippen molar-refractivity contribution in [1.82, 2.24) is 19.3 Å². The van der Waals surface area contributed by atoms with Gasteiger partial charge in [-0.3, -0.25) is 14.5 Å². The lowest BCUT2D eigenvalue weighted by Crippen LogP contribution is -2.47. The van der Waals surface area contributed by atoms with Gasteiger partial charge in [0.1, 0.15) is 5.82 Å². The summed E-state index contributed by atoms with van der Waals surface area (Å²) in [5.74, 6) is -0.320. The average Bonchev–Trinajstić information content (AvgIpc) is 3.65. The van der Waals surface area contributed by atoms with Gasteiger partial charge >= 0.3 is 0 Å². The first-order valence-corrected chi connectivity index (χ1v) is 17.6. The molecule has 3 aromatic rings. The first-order chi connectivity index (χ1) is 22.6. The summed E-state index contributed by atoms with van der Waals surface area (Å²) in [5.41, 5.74) is 1.79. The topological polar surface area (TPSA) is 70.1 Å². The van der Waals surface area contributed by atoms with Crippen molar-refractivity contribution in [2.75, 3.05) is 45.7 Å². The summed E-state index contributed by atoms with van der Waals surface area (Å²) in [4.78, 5) is 33.9. The molecule has 47 heavy (non-hydrogen) atoms. The molecule has 1 saturated carbocycles. The maximum absolute atomic E-state index is 15.6. The van der Waals surface area contributed by atoms with Gasteiger partial charge in [-0.15, -0.1) is 0 Å². The third-order valence-corrected chi connectivity index (χ3v) is 11.1. The van der Waals surface area contributed by atoms with Crippen LogP contribution in [0, 0.1) is 11.7 Å². The van der Waals surface area contributed by atoms with Crippen LogP contribution in [0.2, 0.25) is 5.02 Å². The summed E-state index contributed by atoms with van der Waals surface area (Å²) in [7, 11) is 6.17. The number of likely N-dealkylation sites (tertiary alicyclic amines) is 2. The Morgan fingerprint density at radius 1 is 1.06 bits per heavy atom. The van der Waals surface area contributed by atoms with E-state index >= 15 is 4.39 Å². The normalized spacial score (nSPS) is 24.4. The Morgan fingerprint density at radius 2 is 1.79 bits per heavy atom. The number of nitrogens with one attached hydrogen (secondary N) is 1. The number of para-hydroxylation sites is 1. The number of rotatable bonds is 9. The Balaban J connectivity index is 1.13. The second-order valence-corrected chi connectivity index (χ2v) is 14.7. The Kier molecular flexibility index (Phi) is 10.6. The molecule has 2 atom stereocenters. The third kappa shape index (κ3) is 7.69. The lowest BCUT2D eigenvalue weighted by Gasteiger charge is -2.38. The minimum atomic E-state index is -0.568. The van der Waals surface area contributed by atoms with Gasteiger partial charge in [0.15, 0.2) is 0 Å². The number of hydrogen-bond acceptors (Lipinski definition) is 5. The van der Waals surface area contributed by atoms with Gasteiger partial charge in [-0.2, -0.15) is 0 Å². The highest BCUT2D eigenvalue weighted by molar-refractivity contribution is 6.34. The van der Waals surface area contributed by atoms with Crippen LogP contribution in [-0.2, 0) is 23.0 Å². The van der Waals surface area contributed by atoms with Crippen molar-refractivity contribution in [2.24, 2.45) is 13.0 Å². The van der Waals surface area contributed by atoms with Gasteiger partial charge < -0.3 is 24.4 Å². The first-order valence-electron chi connectivity index (χ1n) is 17.2. The van der Waals surface area contributed by atoms with Gasteiger partial charge in [0.05, 0.1) is 41.4 Å². The van der Waals surface area contributed by atoms with Gasteiger partial charge in [0.2, 0.25) is 5.91 Å². The fourth-order valence-corrected chi connectivity index (χ4v) is 8.06. The number of halogens is 2. The number of benzene rings is 2. The van der Waals surface area contributed by atoms with Crippen molar-refractivity contribution in [3.05, 3.63) is 64.6 Å². The number of aryl methyl sites for hydroxylation is 1. The summed E-state index contributed by atoms with van der Waals surface area (Å²) < 4.78 is 23.9. The molecule has 2 aromatic carbocycles. The number of hydrogen-bond donors (Lipinski definition) is 1. The molecule has 2 amide bonds. The van der Waals surface area contributed by atoms with Gasteiger partial charge in [-0.1, -0.05) is 36.7 Å². The minimum absolute atomic E-state index is 0.0452. The number of amides is 2. The van der Waals surface area contributed by atoms with Crippen LogP contribution >= 0.6 is 11.6 Å². The molecule has 3 aliphatic rings. The van der Waals surface area contributed by atoms with Crippen molar-refractivity contribution in [1.29, 1.82) is 0 Å². The smallest absolute Gasteiger partial charge is 0.257 e. The summed E-state index contributed by atoms with van der Waals surface area (Å²) in [6, 6.07) is 11.1. The Morgan fingerprint density at radius 3 is 2.51 bits per heavy atom. The van der Waals surface area contributed by atoms with Gasteiger partial charge in [-0.05, 0) is 102 Å². The van der Waals surface area contributed by atoms with E-state index in [-0.39, 0.29) is 52.7 Å². The average molecular weight is 666 g/mol. The van der Waals surface area contributed by atoms with E-state index in [0.29, 0.717) is 24.8 Å². The second kappa shape index (κ2) is 14.6. The fourth-order valence-electron chi connectivity index (χ4n) is 7.83. The van der Waals surface area contributed by atoms with Gasteiger partial charge in [0, 0.05) is 42.8 Å². The van der Waals surface area contributed by atoms with Crippen molar-refractivity contribution < 1.29 is 18.7 Å². The number of carbonyl (C=O) groups excluding carboxylic acids is 2. The fraction of sp³-hybridized carbons (Fsp3) is 0.568. The monoisotopic (exact) mass is 665 g/mol. The Hall–Kier alpha value is -2.98. The number of fused-ring (bicyclic) bond motifs is 1. The lowest BCUT2D eigenvalue weighted by atomic mass is 9.89. The Labute approximate surface area is 283 Å². The predicted molar refractivity (Wildman–Crippen MR) is 186 cm³/mol. The molecule has 0 spiro atoms. The standard InChI is InChI=1S/C37H49ClFN5O3/c1-24-9-11-29(12-10-24)47-23-28-19-27(43-15-13-26(14-16-43)41(2)3)21-44(28)36(45)18-25-17-32(38)34(20-33(25)39)40-37(46)31-22-42(4)35-8-6-5-7-30(31)35/h5-8,17,20,22,24,26-29H,9-16,18-19,21,23H2,1-4H3,(H,40,46)/t24-,27-,28-,29-/m0/s1. The summed E-state index contributed by atoms with van der Waals surface area (Å²) >= 11 is 6.59. The molecule has 2 aliphatic heterocycles. The van der Waals surface area contributed by atoms with E-state index in [4.69, 9.17) is 16.3 Å². The number of carbonyl (C=O) groups is 2. The Bertz CT molecular complexity index is 1580. The summed E-state index contributed by atoms with van der Waals surface area (Å²) in [5, 5.41) is 3.77. The van der Waals surface area contributed by atoms with Crippen LogP contribution in [-0.4, -0.2) is 95.6 Å². The van der Waals surface area contributed by atoms with E-state index in [2.05, 4.69) is 36.1 Å². The number of nitrogens with zero attached hydrogens (tertiary/aromatic N) is 4. The molecule has 1 aliphatic carbocycles. The predicted octanol–water partition coefficient (Wildman–Crippen LogP) is 6.36. The molecule has 1 aromatic heterocycles. The van der Waals surface area contributed by atoms with Crippen LogP contribution in [0.1, 0.15) is 67.8 Å². The van der Waals surface area contributed by atoms with E-state index in [1.165, 1.54) is 25.0 Å². The maximum Gasteiger partial charge on any atom is 0.257 e. The van der Waals surface area contributed by atoms with Gasteiger partial charge in [-0.25, -0.2) is 4.39 Å². The van der Waals surface area contributed by atoms with Crippen LogP contribution < -0.4 is 5.32 Å². The zero-order chi connectivity index (χ0) is 33.2. The molecule has 0 bridgehead atoms. The highest BCUT2D eigenvalue weighted by atomic mass is 35.5. The zero-order valence-corrected chi connectivity index (χ0v) is 28.9. The molecule has 254 valence electrons. The number of aromatic nitrogens is 1. The number of anilines is 1. The van der Waals surface area contributed by atoms with Crippen LogP contribution in [0.25, 0.3) is 10.9 Å². The first kappa shape index (κ1) is 33.9. The van der Waals surface area contributed by atoms with Crippen molar-refractivity contribution in [3.63, 3.8) is 0 Å². The quantitative estimate of drug-likeness (QED) is 0.288. The van der Waals surface area contributed by atoms with Crippen LogP contribution in [0.5, 0.6) is 0 Å². The second-order valence-electron chi connectivity index (χ2n) is 14.3. The molecular formula is C37H49ClFN5O3. The highest BCUT2D eigenvalue weighted by Gasteiger charge is 2.40. The molecule has 3 fully saturated rings.